The minimum atomic E-state index is 0.246. The van der Waals surface area contributed by atoms with Crippen LogP contribution < -0.4 is 0 Å². The Labute approximate surface area is 111 Å². The molecule has 2 rings (SSSR count). The molecule has 2 aromatic rings. The van der Waals surface area contributed by atoms with Crippen LogP contribution in [0.3, 0.4) is 0 Å². The maximum atomic E-state index is 2.34. The topological polar surface area (TPSA) is 0 Å². The molecule has 0 bridgehead atoms. The van der Waals surface area contributed by atoms with E-state index in [1.54, 1.807) is 0 Å². The normalized spacial score (nSPS) is 11.6. The van der Waals surface area contributed by atoms with Gasteiger partial charge < -0.3 is 0 Å². The molecular formula is C18H22. The van der Waals surface area contributed by atoms with E-state index in [1.165, 1.54) is 22.3 Å². The van der Waals surface area contributed by atoms with Gasteiger partial charge in [-0.05, 0) is 35.4 Å². The number of hydrogen-bond donors (Lipinski definition) is 0. The fraction of sp³-hybridized carbons (Fsp3) is 0.333. The number of rotatable bonds is 3. The summed E-state index contributed by atoms with van der Waals surface area (Å²) in [5.41, 5.74) is 5.65. The summed E-state index contributed by atoms with van der Waals surface area (Å²) in [6, 6.07) is 17.5. The van der Waals surface area contributed by atoms with Crippen LogP contribution in [-0.2, 0) is 5.41 Å². The second kappa shape index (κ2) is 4.97. The zero-order valence-corrected chi connectivity index (χ0v) is 11.8. The highest BCUT2D eigenvalue weighted by molar-refractivity contribution is 5.65. The molecule has 0 atom stereocenters. The molecule has 0 nitrogen and oxygen atoms in total. The fourth-order valence-corrected chi connectivity index (χ4v) is 2.18. The smallest absolute Gasteiger partial charge is 0.0106 e. The predicted molar refractivity (Wildman–Crippen MR) is 79.9 cm³/mol. The zero-order valence-electron chi connectivity index (χ0n) is 11.8. The van der Waals surface area contributed by atoms with Crippen molar-refractivity contribution in [3.63, 3.8) is 0 Å². The fourth-order valence-electron chi connectivity index (χ4n) is 2.18. The zero-order chi connectivity index (χ0) is 13.2. The summed E-state index contributed by atoms with van der Waals surface area (Å²) in [6.07, 6.45) is 1.16. The Morgan fingerprint density at radius 2 is 1.56 bits per heavy atom. The van der Waals surface area contributed by atoms with E-state index in [1.807, 2.05) is 0 Å². The third-order valence-electron chi connectivity index (χ3n) is 3.85. The van der Waals surface area contributed by atoms with Gasteiger partial charge in [0, 0.05) is 0 Å². The first-order valence-corrected chi connectivity index (χ1v) is 6.70. The molecule has 0 aromatic heterocycles. The van der Waals surface area contributed by atoms with Gasteiger partial charge in [0.25, 0.3) is 0 Å². The van der Waals surface area contributed by atoms with Crippen LogP contribution in [0, 0.1) is 6.92 Å². The molecule has 0 fully saturated rings. The van der Waals surface area contributed by atoms with E-state index in [0.29, 0.717) is 0 Å². The third kappa shape index (κ3) is 2.64. The molecule has 0 N–H and O–H groups in total. The highest BCUT2D eigenvalue weighted by Gasteiger charge is 2.18. The molecule has 0 heterocycles. The van der Waals surface area contributed by atoms with Crippen molar-refractivity contribution in [2.24, 2.45) is 0 Å². The molecule has 0 amide bonds. The minimum absolute atomic E-state index is 0.246. The monoisotopic (exact) mass is 238 g/mol. The van der Waals surface area contributed by atoms with Gasteiger partial charge >= 0.3 is 0 Å². The van der Waals surface area contributed by atoms with Crippen molar-refractivity contribution in [3.8, 4) is 11.1 Å². The van der Waals surface area contributed by atoms with E-state index in [9.17, 15) is 0 Å². The molecule has 0 spiro atoms. The van der Waals surface area contributed by atoms with Gasteiger partial charge in [-0.15, -0.1) is 0 Å². The predicted octanol–water partition coefficient (Wildman–Crippen LogP) is 5.35. The van der Waals surface area contributed by atoms with Gasteiger partial charge in [0.05, 0.1) is 0 Å². The van der Waals surface area contributed by atoms with Crippen LogP contribution in [0.1, 0.15) is 38.3 Å². The van der Waals surface area contributed by atoms with Crippen LogP contribution in [0.5, 0.6) is 0 Å². The molecule has 0 saturated heterocycles. The van der Waals surface area contributed by atoms with Crippen LogP contribution in [0.15, 0.2) is 48.5 Å². The first kappa shape index (κ1) is 12.9. The molecule has 18 heavy (non-hydrogen) atoms. The van der Waals surface area contributed by atoms with Crippen molar-refractivity contribution in [3.05, 3.63) is 59.7 Å². The summed E-state index contributed by atoms with van der Waals surface area (Å²) < 4.78 is 0. The quantitative estimate of drug-likeness (QED) is 0.676. The second-order valence-electron chi connectivity index (χ2n) is 5.69. The molecule has 0 radical (unpaired) electrons. The lowest BCUT2D eigenvalue weighted by Crippen LogP contribution is -2.15. The van der Waals surface area contributed by atoms with Gasteiger partial charge in [0.2, 0.25) is 0 Å². The molecule has 0 saturated carbocycles. The Hall–Kier alpha value is -1.56. The van der Waals surface area contributed by atoms with Crippen molar-refractivity contribution in [2.75, 3.05) is 0 Å². The summed E-state index contributed by atoms with van der Waals surface area (Å²) in [6.45, 7) is 9.07. The maximum absolute atomic E-state index is 2.34. The largest absolute Gasteiger partial charge is 0.0646 e. The Kier molecular flexibility index (Phi) is 3.56. The SMILES string of the molecule is CCC(C)(C)c1cc(C)cc(-c2ccccc2)c1. The molecule has 0 aliphatic rings. The second-order valence-corrected chi connectivity index (χ2v) is 5.69. The minimum Gasteiger partial charge on any atom is -0.0646 e. The number of benzene rings is 2. The first-order valence-electron chi connectivity index (χ1n) is 6.70. The third-order valence-corrected chi connectivity index (χ3v) is 3.85. The van der Waals surface area contributed by atoms with Crippen molar-refractivity contribution in [1.29, 1.82) is 0 Å². The highest BCUT2D eigenvalue weighted by atomic mass is 14.2. The highest BCUT2D eigenvalue weighted by Crippen LogP contribution is 2.31. The molecule has 94 valence electrons. The van der Waals surface area contributed by atoms with Crippen LogP contribution in [0.2, 0.25) is 0 Å². The average molecular weight is 238 g/mol. The van der Waals surface area contributed by atoms with E-state index in [2.05, 4.69) is 76.2 Å². The lowest BCUT2D eigenvalue weighted by atomic mass is 9.80. The summed E-state index contributed by atoms with van der Waals surface area (Å²) in [5, 5.41) is 0. The summed E-state index contributed by atoms with van der Waals surface area (Å²) in [4.78, 5) is 0. The summed E-state index contributed by atoms with van der Waals surface area (Å²) in [7, 11) is 0. The van der Waals surface area contributed by atoms with Crippen LogP contribution >= 0.6 is 0 Å². The van der Waals surface area contributed by atoms with Crippen molar-refractivity contribution in [2.45, 2.75) is 39.5 Å². The van der Waals surface area contributed by atoms with Gasteiger partial charge in [-0.25, -0.2) is 0 Å². The molecule has 2 aromatic carbocycles. The Bertz CT molecular complexity index is 521. The molecule has 0 heteroatoms. The Morgan fingerprint density at radius 1 is 0.889 bits per heavy atom. The van der Waals surface area contributed by atoms with Crippen LogP contribution in [-0.4, -0.2) is 0 Å². The average Bonchev–Trinajstić information content (AvgIpc) is 2.39. The number of hydrogen-bond acceptors (Lipinski definition) is 0. The van der Waals surface area contributed by atoms with E-state index >= 15 is 0 Å². The van der Waals surface area contributed by atoms with Gasteiger partial charge in [-0.3, -0.25) is 0 Å². The van der Waals surface area contributed by atoms with Crippen LogP contribution in [0.4, 0.5) is 0 Å². The van der Waals surface area contributed by atoms with Gasteiger partial charge in [0.15, 0.2) is 0 Å². The van der Waals surface area contributed by atoms with Gasteiger partial charge in [-0.1, -0.05) is 74.9 Å². The first-order chi connectivity index (χ1) is 8.53. The van der Waals surface area contributed by atoms with Crippen molar-refractivity contribution < 1.29 is 0 Å². The van der Waals surface area contributed by atoms with Crippen molar-refractivity contribution >= 4 is 0 Å². The molecule has 0 aliphatic carbocycles. The van der Waals surface area contributed by atoms with Crippen molar-refractivity contribution in [1.82, 2.24) is 0 Å². The lowest BCUT2D eigenvalue weighted by molar-refractivity contribution is 0.506. The summed E-state index contributed by atoms with van der Waals surface area (Å²) in [5.74, 6) is 0. The standard InChI is InChI=1S/C18H22/c1-5-18(3,4)17-12-14(2)11-16(13-17)15-9-7-6-8-10-15/h6-13H,5H2,1-4H3. The summed E-state index contributed by atoms with van der Waals surface area (Å²) >= 11 is 0. The maximum Gasteiger partial charge on any atom is -0.0106 e. The van der Waals surface area contributed by atoms with Gasteiger partial charge in [0.1, 0.15) is 0 Å². The van der Waals surface area contributed by atoms with Gasteiger partial charge in [-0.2, -0.15) is 0 Å². The van der Waals surface area contributed by atoms with E-state index in [0.717, 1.165) is 6.42 Å². The van der Waals surface area contributed by atoms with E-state index in [4.69, 9.17) is 0 Å². The molecule has 0 aliphatic heterocycles. The molecule has 0 unspecified atom stereocenters. The lowest BCUT2D eigenvalue weighted by Gasteiger charge is -2.24. The molecular weight excluding hydrogens is 216 g/mol. The van der Waals surface area contributed by atoms with Crippen LogP contribution in [0.25, 0.3) is 11.1 Å². The van der Waals surface area contributed by atoms with E-state index < -0.39 is 0 Å². The number of aryl methyl sites for hydroxylation is 1. The Balaban J connectivity index is 2.52. The van der Waals surface area contributed by atoms with E-state index in [-0.39, 0.29) is 5.41 Å². The Morgan fingerprint density at radius 3 is 2.17 bits per heavy atom.